The van der Waals surface area contributed by atoms with Crippen LogP contribution in [0.5, 0.6) is 23.0 Å². The Morgan fingerprint density at radius 2 is 1.73 bits per heavy atom. The van der Waals surface area contributed by atoms with Crippen LogP contribution < -0.4 is 18.9 Å². The van der Waals surface area contributed by atoms with Crippen molar-refractivity contribution < 1.29 is 45.3 Å². The molecular formula is C27H24ClF3N2O7S. The van der Waals surface area contributed by atoms with Gasteiger partial charge in [-0.15, -0.1) is 0 Å². The molecule has 0 aliphatic heterocycles. The van der Waals surface area contributed by atoms with Crippen LogP contribution in [0.15, 0.2) is 59.5 Å². The maximum absolute atomic E-state index is 13.5. The van der Waals surface area contributed by atoms with Crippen molar-refractivity contribution in [2.75, 3.05) is 25.5 Å². The number of aryl methyl sites for hydroxylation is 1. The lowest BCUT2D eigenvalue weighted by molar-refractivity contribution is -0.153. The molecule has 0 amide bonds. The van der Waals surface area contributed by atoms with Crippen molar-refractivity contribution in [2.24, 2.45) is 0 Å². The number of sulfonamides is 1. The highest BCUT2D eigenvalue weighted by Crippen LogP contribution is 2.41. The monoisotopic (exact) mass is 612 g/mol. The highest BCUT2D eigenvalue weighted by molar-refractivity contribution is 7.92. The molecule has 218 valence electrons. The lowest BCUT2D eigenvalue weighted by Gasteiger charge is -2.17. The van der Waals surface area contributed by atoms with Crippen LogP contribution in [-0.4, -0.2) is 46.4 Å². The van der Waals surface area contributed by atoms with Crippen LogP contribution in [-0.2, 0) is 26.0 Å². The molecule has 4 rings (SSSR count). The first-order valence-corrected chi connectivity index (χ1v) is 13.7. The Morgan fingerprint density at radius 3 is 2.39 bits per heavy atom. The Balaban J connectivity index is 1.70. The zero-order valence-corrected chi connectivity index (χ0v) is 23.5. The predicted octanol–water partition coefficient (Wildman–Crippen LogP) is 6.39. The number of H-pyrrole nitrogens is 1. The first-order valence-electron chi connectivity index (χ1n) is 11.9. The van der Waals surface area contributed by atoms with Crippen molar-refractivity contribution in [3.8, 4) is 23.0 Å². The van der Waals surface area contributed by atoms with Crippen LogP contribution in [0, 0.1) is 6.92 Å². The molecule has 41 heavy (non-hydrogen) atoms. The molecule has 1 aromatic heterocycles. The molecule has 9 nitrogen and oxygen atoms in total. The van der Waals surface area contributed by atoms with Gasteiger partial charge in [-0.1, -0.05) is 17.7 Å². The number of carbonyl (C=O) groups is 1. The standard InChI is InChI=1S/C27H24ClF3N2O7S/c1-15-10-18-20(32-15)6-8-22(40-21-7-4-16(11-23(21)37-2)12-25(34)38-3)26(18)33-41(35,36)24-9-5-17(13-19(24)28)39-14-27(29,30)31/h4-11,13,32-33H,12,14H2,1-3H3. The van der Waals surface area contributed by atoms with E-state index < -0.39 is 33.7 Å². The largest absolute Gasteiger partial charge is 0.493 e. The van der Waals surface area contributed by atoms with Crippen molar-refractivity contribution in [3.05, 3.63) is 70.9 Å². The van der Waals surface area contributed by atoms with E-state index in [1.807, 2.05) is 0 Å². The molecular weight excluding hydrogens is 589 g/mol. The van der Waals surface area contributed by atoms with Crippen molar-refractivity contribution in [1.29, 1.82) is 0 Å². The summed E-state index contributed by atoms with van der Waals surface area (Å²) in [6.07, 6.45) is -4.57. The number of hydrogen-bond donors (Lipinski definition) is 2. The summed E-state index contributed by atoms with van der Waals surface area (Å²) < 4.78 is 87.8. The summed E-state index contributed by atoms with van der Waals surface area (Å²) in [5.74, 6) is -0.0635. The molecule has 4 aromatic rings. The third-order valence-corrected chi connectivity index (χ3v) is 7.59. The number of hydrogen-bond acceptors (Lipinski definition) is 7. The summed E-state index contributed by atoms with van der Waals surface area (Å²) in [6, 6.07) is 12.9. The van der Waals surface area contributed by atoms with Gasteiger partial charge in [0.05, 0.1) is 25.7 Å². The van der Waals surface area contributed by atoms with Gasteiger partial charge in [0.1, 0.15) is 16.3 Å². The molecule has 0 radical (unpaired) electrons. The molecule has 0 spiro atoms. The number of halogens is 4. The van der Waals surface area contributed by atoms with Gasteiger partial charge >= 0.3 is 12.1 Å². The van der Waals surface area contributed by atoms with Crippen molar-refractivity contribution in [2.45, 2.75) is 24.4 Å². The zero-order chi connectivity index (χ0) is 29.9. The number of aromatic nitrogens is 1. The second kappa shape index (κ2) is 11.8. The fourth-order valence-electron chi connectivity index (χ4n) is 3.92. The molecule has 0 saturated carbocycles. The van der Waals surface area contributed by atoms with E-state index in [0.717, 1.165) is 23.9 Å². The van der Waals surface area contributed by atoms with Gasteiger partial charge < -0.3 is 23.9 Å². The number of anilines is 1. The van der Waals surface area contributed by atoms with Crippen molar-refractivity contribution >= 4 is 44.2 Å². The molecule has 3 aromatic carbocycles. The van der Waals surface area contributed by atoms with Gasteiger partial charge in [-0.3, -0.25) is 9.52 Å². The summed E-state index contributed by atoms with van der Waals surface area (Å²) in [4.78, 5) is 14.4. The normalized spacial score (nSPS) is 11.8. The average molecular weight is 613 g/mol. The smallest absolute Gasteiger partial charge is 0.422 e. The van der Waals surface area contributed by atoms with E-state index in [0.29, 0.717) is 16.5 Å². The molecule has 0 atom stereocenters. The summed E-state index contributed by atoms with van der Waals surface area (Å²) in [5, 5.41) is 0.131. The van der Waals surface area contributed by atoms with Crippen LogP contribution in [0.4, 0.5) is 18.9 Å². The lowest BCUT2D eigenvalue weighted by Crippen LogP contribution is -2.19. The molecule has 1 heterocycles. The number of benzene rings is 3. The van der Waals surface area contributed by atoms with Gasteiger partial charge in [0.15, 0.2) is 23.9 Å². The second-order valence-corrected chi connectivity index (χ2v) is 10.9. The van der Waals surface area contributed by atoms with Gasteiger partial charge in [0, 0.05) is 22.7 Å². The van der Waals surface area contributed by atoms with Gasteiger partial charge in [-0.05, 0) is 55.0 Å². The first-order chi connectivity index (χ1) is 19.3. The van der Waals surface area contributed by atoms with Crippen molar-refractivity contribution in [3.63, 3.8) is 0 Å². The van der Waals surface area contributed by atoms with E-state index in [2.05, 4.69) is 14.4 Å². The van der Waals surface area contributed by atoms with E-state index in [-0.39, 0.29) is 40.1 Å². The number of rotatable bonds is 10. The Bertz CT molecular complexity index is 1710. The van der Waals surface area contributed by atoms with Gasteiger partial charge in [0.2, 0.25) is 0 Å². The molecule has 0 unspecified atom stereocenters. The number of esters is 1. The van der Waals surface area contributed by atoms with Crippen molar-refractivity contribution in [1.82, 2.24) is 4.98 Å². The average Bonchev–Trinajstić information content (AvgIpc) is 3.29. The third kappa shape index (κ3) is 7.16. The summed E-state index contributed by atoms with van der Waals surface area (Å²) in [5.41, 5.74) is 2.03. The topological polar surface area (TPSA) is 116 Å². The minimum absolute atomic E-state index is 0.00751. The summed E-state index contributed by atoms with van der Waals surface area (Å²) >= 11 is 6.16. The van der Waals surface area contributed by atoms with E-state index in [9.17, 15) is 26.4 Å². The zero-order valence-electron chi connectivity index (χ0n) is 21.9. The van der Waals surface area contributed by atoms with Crippen LogP contribution in [0.2, 0.25) is 5.02 Å². The van der Waals surface area contributed by atoms with Crippen LogP contribution >= 0.6 is 11.6 Å². The minimum atomic E-state index is -4.58. The van der Waals surface area contributed by atoms with Crippen LogP contribution in [0.1, 0.15) is 11.3 Å². The van der Waals surface area contributed by atoms with Gasteiger partial charge in [0.25, 0.3) is 10.0 Å². The quantitative estimate of drug-likeness (QED) is 0.199. The lowest BCUT2D eigenvalue weighted by atomic mass is 10.1. The maximum Gasteiger partial charge on any atom is 0.422 e. The molecule has 0 saturated heterocycles. The Labute approximate surface area is 238 Å². The highest BCUT2D eigenvalue weighted by Gasteiger charge is 2.29. The fraction of sp³-hybridized carbons (Fsp3) is 0.222. The first kappa shape index (κ1) is 29.9. The maximum atomic E-state index is 13.5. The van der Waals surface area contributed by atoms with E-state index in [1.165, 1.54) is 14.2 Å². The Morgan fingerprint density at radius 1 is 1.00 bits per heavy atom. The van der Waals surface area contributed by atoms with E-state index >= 15 is 0 Å². The molecule has 0 aliphatic rings. The van der Waals surface area contributed by atoms with E-state index in [4.69, 9.17) is 25.8 Å². The Kier molecular flexibility index (Phi) is 8.59. The number of fused-ring (bicyclic) bond motifs is 1. The molecule has 0 fully saturated rings. The predicted molar refractivity (Wildman–Crippen MR) is 146 cm³/mol. The van der Waals surface area contributed by atoms with Crippen LogP contribution in [0.25, 0.3) is 10.9 Å². The minimum Gasteiger partial charge on any atom is -0.493 e. The second-order valence-electron chi connectivity index (χ2n) is 8.79. The number of carbonyl (C=O) groups excluding carboxylic acids is 1. The molecule has 14 heteroatoms. The summed E-state index contributed by atoms with van der Waals surface area (Å²) in [7, 11) is -1.68. The summed E-state index contributed by atoms with van der Waals surface area (Å²) in [6.45, 7) is 0.231. The molecule has 0 bridgehead atoms. The number of alkyl halides is 3. The van der Waals surface area contributed by atoms with Gasteiger partial charge in [-0.25, -0.2) is 8.42 Å². The van der Waals surface area contributed by atoms with E-state index in [1.54, 1.807) is 43.3 Å². The molecule has 2 N–H and O–H groups in total. The SMILES string of the molecule is COC(=O)Cc1ccc(Oc2ccc3[nH]c(C)cc3c2NS(=O)(=O)c2ccc(OCC(F)(F)F)cc2Cl)c(OC)c1. The highest BCUT2D eigenvalue weighted by atomic mass is 35.5. The Hall–Kier alpha value is -4.10. The number of aromatic amines is 1. The van der Waals surface area contributed by atoms with Crippen LogP contribution in [0.3, 0.4) is 0 Å². The molecule has 0 aliphatic carbocycles. The van der Waals surface area contributed by atoms with Gasteiger partial charge in [-0.2, -0.15) is 13.2 Å². The fourth-order valence-corrected chi connectivity index (χ4v) is 5.55. The number of nitrogens with one attached hydrogen (secondary N) is 2. The number of methoxy groups -OCH3 is 2. The number of ether oxygens (including phenoxy) is 4. The third-order valence-electron chi connectivity index (χ3n) is 5.76.